The van der Waals surface area contributed by atoms with Crippen molar-refractivity contribution in [3.63, 3.8) is 0 Å². The molecule has 1 amide bonds. The van der Waals surface area contributed by atoms with Gasteiger partial charge in [0.25, 0.3) is 5.91 Å². The Balaban J connectivity index is 1.47. The van der Waals surface area contributed by atoms with Crippen LogP contribution in [0.5, 0.6) is 5.75 Å². The normalized spacial score (nSPS) is 14.9. The summed E-state index contributed by atoms with van der Waals surface area (Å²) in [5, 5.41) is 3.01. The van der Waals surface area contributed by atoms with Gasteiger partial charge in [-0.15, -0.1) is 0 Å². The van der Waals surface area contributed by atoms with Crippen LogP contribution in [-0.2, 0) is 11.4 Å². The molecule has 0 radical (unpaired) electrons. The van der Waals surface area contributed by atoms with Crippen molar-refractivity contribution in [2.45, 2.75) is 6.61 Å². The Kier molecular flexibility index (Phi) is 5.35. The average molecular weight is 404 g/mol. The van der Waals surface area contributed by atoms with Crippen molar-refractivity contribution in [1.29, 1.82) is 0 Å². The molecule has 1 saturated heterocycles. The number of amides is 1. The van der Waals surface area contributed by atoms with Crippen molar-refractivity contribution in [2.75, 3.05) is 4.90 Å². The van der Waals surface area contributed by atoms with Gasteiger partial charge in [-0.05, 0) is 53.7 Å². The van der Waals surface area contributed by atoms with Crippen molar-refractivity contribution < 1.29 is 13.9 Å². The largest absolute Gasteiger partial charge is 0.489 e. The van der Waals surface area contributed by atoms with Crippen molar-refractivity contribution in [2.24, 2.45) is 0 Å². The highest BCUT2D eigenvalue weighted by molar-refractivity contribution is 7.80. The van der Waals surface area contributed by atoms with Gasteiger partial charge < -0.3 is 10.1 Å². The lowest BCUT2D eigenvalue weighted by Gasteiger charge is -2.14. The molecule has 1 aliphatic rings. The zero-order valence-electron chi connectivity index (χ0n) is 15.3. The number of thiocarbonyl (C=S) groups is 1. The lowest BCUT2D eigenvalue weighted by molar-refractivity contribution is -0.113. The van der Waals surface area contributed by atoms with Gasteiger partial charge in [-0.2, -0.15) is 0 Å². The number of ether oxygens (including phenoxy) is 1. The van der Waals surface area contributed by atoms with Gasteiger partial charge in [-0.3, -0.25) is 4.79 Å². The molecule has 4 nitrogen and oxygen atoms in total. The van der Waals surface area contributed by atoms with E-state index in [1.54, 1.807) is 18.2 Å². The van der Waals surface area contributed by atoms with E-state index >= 15 is 0 Å². The molecule has 1 N–H and O–H groups in total. The van der Waals surface area contributed by atoms with Crippen molar-refractivity contribution in [3.05, 3.63) is 102 Å². The van der Waals surface area contributed by atoms with Crippen LogP contribution in [0.3, 0.4) is 0 Å². The molecule has 0 bridgehead atoms. The second-order valence-corrected chi connectivity index (χ2v) is 6.81. The summed E-state index contributed by atoms with van der Waals surface area (Å²) in [4.78, 5) is 13.9. The predicted octanol–water partition coefficient (Wildman–Crippen LogP) is 4.67. The minimum absolute atomic E-state index is 0.128. The molecule has 0 unspecified atom stereocenters. The van der Waals surface area contributed by atoms with Gasteiger partial charge in [-0.1, -0.05) is 54.6 Å². The molecule has 0 saturated carbocycles. The SMILES string of the molecule is O=C1/C(=C\c2ccc(OCc3ccccc3)cc2)NC(=S)N1c1ccccc1F. The first-order chi connectivity index (χ1) is 14.1. The minimum Gasteiger partial charge on any atom is -0.489 e. The maximum Gasteiger partial charge on any atom is 0.281 e. The van der Waals surface area contributed by atoms with E-state index in [0.717, 1.165) is 21.8 Å². The topological polar surface area (TPSA) is 41.6 Å². The number of nitrogens with zero attached hydrogens (tertiary/aromatic N) is 1. The summed E-state index contributed by atoms with van der Waals surface area (Å²) >= 11 is 5.22. The molecule has 29 heavy (non-hydrogen) atoms. The van der Waals surface area contributed by atoms with Crippen LogP contribution in [-0.4, -0.2) is 11.0 Å². The molecule has 0 aliphatic carbocycles. The fourth-order valence-electron chi connectivity index (χ4n) is 2.95. The summed E-state index contributed by atoms with van der Waals surface area (Å²) in [6, 6.07) is 23.3. The van der Waals surface area contributed by atoms with Gasteiger partial charge in [-0.25, -0.2) is 9.29 Å². The van der Waals surface area contributed by atoms with E-state index in [1.807, 2.05) is 54.6 Å². The van der Waals surface area contributed by atoms with Crippen LogP contribution >= 0.6 is 12.2 Å². The van der Waals surface area contributed by atoms with Gasteiger partial charge in [0.2, 0.25) is 0 Å². The number of halogens is 1. The number of hydrogen-bond donors (Lipinski definition) is 1. The summed E-state index contributed by atoms with van der Waals surface area (Å²) in [6.45, 7) is 0.479. The molecule has 1 fully saturated rings. The Bertz CT molecular complexity index is 1080. The maximum atomic E-state index is 14.1. The first kappa shape index (κ1) is 18.8. The van der Waals surface area contributed by atoms with Gasteiger partial charge in [0, 0.05) is 0 Å². The zero-order chi connectivity index (χ0) is 20.2. The molecule has 0 aromatic heterocycles. The lowest BCUT2D eigenvalue weighted by atomic mass is 10.2. The standard InChI is InChI=1S/C23H17FN2O2S/c24-19-8-4-5-9-21(19)26-22(27)20(25-23(26)29)14-16-10-12-18(13-11-16)28-15-17-6-2-1-3-7-17/h1-14H,15H2,(H,25,29)/b20-14+. The van der Waals surface area contributed by atoms with Gasteiger partial charge in [0.15, 0.2) is 5.11 Å². The fourth-order valence-corrected chi connectivity index (χ4v) is 3.25. The molecule has 1 aliphatic heterocycles. The third kappa shape index (κ3) is 4.17. The molecule has 6 heteroatoms. The molecule has 0 spiro atoms. The van der Waals surface area contributed by atoms with Crippen molar-refractivity contribution in [1.82, 2.24) is 5.32 Å². The maximum absolute atomic E-state index is 14.1. The smallest absolute Gasteiger partial charge is 0.281 e. The molecule has 3 aromatic carbocycles. The Hall–Kier alpha value is -3.51. The minimum atomic E-state index is -0.508. The van der Waals surface area contributed by atoms with Crippen LogP contribution < -0.4 is 15.0 Å². The summed E-state index contributed by atoms with van der Waals surface area (Å²) < 4.78 is 19.8. The third-order valence-electron chi connectivity index (χ3n) is 4.41. The molecule has 0 atom stereocenters. The first-order valence-corrected chi connectivity index (χ1v) is 9.41. The van der Waals surface area contributed by atoms with E-state index in [9.17, 15) is 9.18 Å². The first-order valence-electron chi connectivity index (χ1n) is 9.00. The Morgan fingerprint density at radius 1 is 0.966 bits per heavy atom. The fraction of sp³-hybridized carbons (Fsp3) is 0.0435. The van der Waals surface area contributed by atoms with E-state index in [4.69, 9.17) is 17.0 Å². The summed E-state index contributed by atoms with van der Waals surface area (Å²) in [5.74, 6) is -0.180. The number of para-hydroxylation sites is 1. The van der Waals surface area contributed by atoms with Crippen molar-refractivity contribution >= 4 is 35.0 Å². The summed E-state index contributed by atoms with van der Waals surface area (Å²) in [5.41, 5.74) is 2.30. The van der Waals surface area contributed by atoms with E-state index in [1.165, 1.54) is 12.1 Å². The van der Waals surface area contributed by atoms with E-state index in [0.29, 0.717) is 6.61 Å². The molecule has 144 valence electrons. The highest BCUT2D eigenvalue weighted by atomic mass is 32.1. The van der Waals surface area contributed by atoms with Crippen LogP contribution in [0.25, 0.3) is 6.08 Å². The predicted molar refractivity (Wildman–Crippen MR) is 115 cm³/mol. The number of carbonyl (C=O) groups is 1. The van der Waals surface area contributed by atoms with Crippen LogP contribution in [0.4, 0.5) is 10.1 Å². The number of rotatable bonds is 5. The van der Waals surface area contributed by atoms with Gasteiger partial charge >= 0.3 is 0 Å². The number of benzene rings is 3. The number of hydrogen-bond acceptors (Lipinski definition) is 3. The summed E-state index contributed by atoms with van der Waals surface area (Å²) in [7, 11) is 0. The van der Waals surface area contributed by atoms with E-state index < -0.39 is 11.7 Å². The highest BCUT2D eigenvalue weighted by Gasteiger charge is 2.33. The van der Waals surface area contributed by atoms with E-state index in [-0.39, 0.29) is 16.5 Å². The van der Waals surface area contributed by atoms with Crippen LogP contribution in [0.1, 0.15) is 11.1 Å². The Labute approximate surface area is 173 Å². The molecule has 1 heterocycles. The van der Waals surface area contributed by atoms with Crippen molar-refractivity contribution in [3.8, 4) is 5.75 Å². The van der Waals surface area contributed by atoms with Crippen LogP contribution in [0.15, 0.2) is 84.6 Å². The quantitative estimate of drug-likeness (QED) is 0.496. The monoisotopic (exact) mass is 404 g/mol. The second-order valence-electron chi connectivity index (χ2n) is 6.42. The Morgan fingerprint density at radius 3 is 2.38 bits per heavy atom. The lowest BCUT2D eigenvalue weighted by Crippen LogP contribution is -2.31. The molecular formula is C23H17FN2O2S. The highest BCUT2D eigenvalue weighted by Crippen LogP contribution is 2.25. The number of anilines is 1. The van der Waals surface area contributed by atoms with Crippen LogP contribution in [0.2, 0.25) is 0 Å². The zero-order valence-corrected chi connectivity index (χ0v) is 16.2. The summed E-state index contributed by atoms with van der Waals surface area (Å²) in [6.07, 6.45) is 1.68. The van der Waals surface area contributed by atoms with Gasteiger partial charge in [0.1, 0.15) is 23.9 Å². The average Bonchev–Trinajstić information content (AvgIpc) is 3.02. The third-order valence-corrected chi connectivity index (χ3v) is 4.70. The van der Waals surface area contributed by atoms with Gasteiger partial charge in [0.05, 0.1) is 5.69 Å². The van der Waals surface area contributed by atoms with Crippen LogP contribution in [0, 0.1) is 5.82 Å². The Morgan fingerprint density at radius 2 is 1.66 bits per heavy atom. The molecule has 3 aromatic rings. The molecule has 4 rings (SSSR count). The number of nitrogens with one attached hydrogen (secondary N) is 1. The molecular weight excluding hydrogens is 387 g/mol. The number of carbonyl (C=O) groups excluding carboxylic acids is 1. The van der Waals surface area contributed by atoms with E-state index in [2.05, 4.69) is 5.32 Å². The second kappa shape index (κ2) is 8.24.